The largest absolute Gasteiger partial charge is 0.315 e. The highest BCUT2D eigenvalue weighted by molar-refractivity contribution is 4.94. The maximum absolute atomic E-state index is 3.40. The molecule has 1 aliphatic heterocycles. The number of rotatable bonds is 2. The monoisotopic (exact) mass is 142 g/mol. The second-order valence-electron chi connectivity index (χ2n) is 3.40. The molecule has 0 aromatic rings. The van der Waals surface area contributed by atoms with E-state index in [4.69, 9.17) is 0 Å². The van der Waals surface area contributed by atoms with Crippen molar-refractivity contribution in [1.29, 1.82) is 0 Å². The Morgan fingerprint density at radius 3 is 2.40 bits per heavy atom. The minimum atomic E-state index is 0.458. The van der Waals surface area contributed by atoms with Gasteiger partial charge in [-0.25, -0.2) is 0 Å². The first-order valence-corrected chi connectivity index (χ1v) is 4.09. The van der Waals surface area contributed by atoms with Crippen LogP contribution < -0.4 is 5.32 Å². The number of likely N-dealkylation sites (N-methyl/N-ethyl adjacent to an activating group) is 1. The Hall–Kier alpha value is -0.0800. The Bertz CT molecular complexity index is 104. The van der Waals surface area contributed by atoms with Gasteiger partial charge in [0.05, 0.1) is 0 Å². The Kier molecular flexibility index (Phi) is 2.32. The molecule has 2 heteroatoms. The summed E-state index contributed by atoms with van der Waals surface area (Å²) in [4.78, 5) is 2.35. The number of hydrogen-bond acceptors (Lipinski definition) is 2. The first kappa shape index (κ1) is 8.02. The third-order valence-corrected chi connectivity index (χ3v) is 2.83. The number of nitrogens with zero attached hydrogens (tertiary/aromatic N) is 1. The SMILES string of the molecule is CCC1(N(C)C)CCNC1. The molecule has 1 atom stereocenters. The molecule has 1 rings (SSSR count). The van der Waals surface area contributed by atoms with Gasteiger partial charge in [0, 0.05) is 12.1 Å². The van der Waals surface area contributed by atoms with Gasteiger partial charge in [-0.3, -0.25) is 0 Å². The molecule has 10 heavy (non-hydrogen) atoms. The van der Waals surface area contributed by atoms with Crippen molar-refractivity contribution in [2.45, 2.75) is 25.3 Å². The van der Waals surface area contributed by atoms with Crippen LogP contribution >= 0.6 is 0 Å². The Balaban J connectivity index is 2.58. The zero-order valence-electron chi connectivity index (χ0n) is 7.28. The van der Waals surface area contributed by atoms with Gasteiger partial charge in [0.1, 0.15) is 0 Å². The fraction of sp³-hybridized carbons (Fsp3) is 1.00. The van der Waals surface area contributed by atoms with Crippen LogP contribution in [-0.2, 0) is 0 Å². The average Bonchev–Trinajstić information content (AvgIpc) is 2.35. The Morgan fingerprint density at radius 2 is 2.20 bits per heavy atom. The molecule has 0 amide bonds. The van der Waals surface area contributed by atoms with Crippen molar-refractivity contribution in [2.75, 3.05) is 27.2 Å². The van der Waals surface area contributed by atoms with E-state index < -0.39 is 0 Å². The second-order valence-corrected chi connectivity index (χ2v) is 3.40. The Labute approximate surface area is 63.6 Å². The molecular formula is C8H18N2. The predicted octanol–water partition coefficient (Wildman–Crippen LogP) is 0.690. The molecule has 0 aromatic carbocycles. The van der Waals surface area contributed by atoms with Crippen molar-refractivity contribution in [1.82, 2.24) is 10.2 Å². The summed E-state index contributed by atoms with van der Waals surface area (Å²) in [5.41, 5.74) is 0.458. The van der Waals surface area contributed by atoms with Gasteiger partial charge >= 0.3 is 0 Å². The quantitative estimate of drug-likeness (QED) is 0.610. The lowest BCUT2D eigenvalue weighted by Crippen LogP contribution is -2.45. The lowest BCUT2D eigenvalue weighted by molar-refractivity contribution is 0.167. The predicted molar refractivity (Wildman–Crippen MR) is 44.2 cm³/mol. The van der Waals surface area contributed by atoms with E-state index in [1.807, 2.05) is 0 Å². The molecule has 0 spiro atoms. The van der Waals surface area contributed by atoms with E-state index in [1.54, 1.807) is 0 Å². The van der Waals surface area contributed by atoms with E-state index in [0.29, 0.717) is 5.54 Å². The number of hydrogen-bond donors (Lipinski definition) is 1. The summed E-state index contributed by atoms with van der Waals surface area (Å²) in [6, 6.07) is 0. The molecule has 60 valence electrons. The zero-order valence-corrected chi connectivity index (χ0v) is 7.28. The summed E-state index contributed by atoms with van der Waals surface area (Å²) in [5, 5.41) is 3.40. The van der Waals surface area contributed by atoms with Crippen molar-refractivity contribution >= 4 is 0 Å². The third-order valence-electron chi connectivity index (χ3n) is 2.83. The summed E-state index contributed by atoms with van der Waals surface area (Å²) >= 11 is 0. The maximum atomic E-state index is 3.40. The van der Waals surface area contributed by atoms with E-state index in [1.165, 1.54) is 19.4 Å². The molecule has 1 saturated heterocycles. The fourth-order valence-corrected chi connectivity index (χ4v) is 1.73. The van der Waals surface area contributed by atoms with Gasteiger partial charge in [-0.05, 0) is 33.5 Å². The molecule has 0 aliphatic carbocycles. The summed E-state index contributed by atoms with van der Waals surface area (Å²) in [5.74, 6) is 0. The smallest absolute Gasteiger partial charge is 0.0337 e. The molecule has 0 bridgehead atoms. The van der Waals surface area contributed by atoms with Crippen molar-refractivity contribution in [2.24, 2.45) is 0 Å². The third kappa shape index (κ3) is 1.18. The van der Waals surface area contributed by atoms with Crippen LogP contribution in [0.15, 0.2) is 0 Å². The van der Waals surface area contributed by atoms with Crippen molar-refractivity contribution in [3.63, 3.8) is 0 Å². The molecule has 1 fully saturated rings. The van der Waals surface area contributed by atoms with Crippen LogP contribution in [0.2, 0.25) is 0 Å². The van der Waals surface area contributed by atoms with Crippen LogP contribution in [-0.4, -0.2) is 37.6 Å². The van der Waals surface area contributed by atoms with Crippen molar-refractivity contribution < 1.29 is 0 Å². The van der Waals surface area contributed by atoms with Crippen LogP contribution in [0.3, 0.4) is 0 Å². The first-order valence-electron chi connectivity index (χ1n) is 4.09. The molecule has 1 aliphatic rings. The van der Waals surface area contributed by atoms with Crippen LogP contribution in [0.4, 0.5) is 0 Å². The normalized spacial score (nSPS) is 33.6. The molecule has 0 aromatic heterocycles. The summed E-state index contributed by atoms with van der Waals surface area (Å²) < 4.78 is 0. The molecular weight excluding hydrogens is 124 g/mol. The van der Waals surface area contributed by atoms with E-state index in [2.05, 4.69) is 31.2 Å². The maximum Gasteiger partial charge on any atom is 0.0337 e. The van der Waals surface area contributed by atoms with E-state index in [9.17, 15) is 0 Å². The molecule has 1 heterocycles. The van der Waals surface area contributed by atoms with Crippen LogP contribution in [0.5, 0.6) is 0 Å². The highest BCUT2D eigenvalue weighted by Crippen LogP contribution is 2.23. The van der Waals surface area contributed by atoms with E-state index >= 15 is 0 Å². The van der Waals surface area contributed by atoms with Crippen molar-refractivity contribution in [3.05, 3.63) is 0 Å². The minimum Gasteiger partial charge on any atom is -0.315 e. The number of nitrogens with one attached hydrogen (secondary N) is 1. The molecule has 0 radical (unpaired) electrons. The highest BCUT2D eigenvalue weighted by atomic mass is 15.2. The van der Waals surface area contributed by atoms with Gasteiger partial charge in [-0.15, -0.1) is 0 Å². The lowest BCUT2D eigenvalue weighted by atomic mass is 9.94. The highest BCUT2D eigenvalue weighted by Gasteiger charge is 2.33. The summed E-state index contributed by atoms with van der Waals surface area (Å²) in [6.07, 6.45) is 2.56. The fourth-order valence-electron chi connectivity index (χ4n) is 1.73. The topological polar surface area (TPSA) is 15.3 Å². The first-order chi connectivity index (χ1) is 4.71. The molecule has 2 nitrogen and oxygen atoms in total. The standard InChI is InChI=1S/C8H18N2/c1-4-8(10(2)3)5-6-9-7-8/h9H,4-7H2,1-3H3. The van der Waals surface area contributed by atoms with E-state index in [-0.39, 0.29) is 0 Å². The lowest BCUT2D eigenvalue weighted by Gasteiger charge is -2.34. The molecule has 0 saturated carbocycles. The van der Waals surface area contributed by atoms with Crippen molar-refractivity contribution in [3.8, 4) is 0 Å². The minimum absolute atomic E-state index is 0.458. The summed E-state index contributed by atoms with van der Waals surface area (Å²) in [6.45, 7) is 4.62. The summed E-state index contributed by atoms with van der Waals surface area (Å²) in [7, 11) is 4.35. The van der Waals surface area contributed by atoms with Gasteiger partial charge in [0.15, 0.2) is 0 Å². The zero-order chi connectivity index (χ0) is 7.61. The molecule has 1 unspecified atom stereocenters. The van der Waals surface area contributed by atoms with Gasteiger partial charge in [-0.2, -0.15) is 0 Å². The van der Waals surface area contributed by atoms with Crippen LogP contribution in [0.25, 0.3) is 0 Å². The van der Waals surface area contributed by atoms with Gasteiger partial charge < -0.3 is 10.2 Å². The Morgan fingerprint density at radius 1 is 1.50 bits per heavy atom. The molecule has 1 N–H and O–H groups in total. The van der Waals surface area contributed by atoms with Gasteiger partial charge in [0.2, 0.25) is 0 Å². The van der Waals surface area contributed by atoms with Crippen LogP contribution in [0.1, 0.15) is 19.8 Å². The van der Waals surface area contributed by atoms with Gasteiger partial charge in [-0.1, -0.05) is 6.92 Å². The van der Waals surface area contributed by atoms with Gasteiger partial charge in [0.25, 0.3) is 0 Å². The second kappa shape index (κ2) is 2.89. The van der Waals surface area contributed by atoms with Crippen LogP contribution in [0, 0.1) is 0 Å². The average molecular weight is 142 g/mol. The van der Waals surface area contributed by atoms with E-state index in [0.717, 1.165) is 6.54 Å².